The summed E-state index contributed by atoms with van der Waals surface area (Å²) >= 11 is 0. The first-order valence-corrected chi connectivity index (χ1v) is 7.98. The van der Waals surface area contributed by atoms with Gasteiger partial charge in [-0.25, -0.2) is 9.18 Å². The minimum Gasteiger partial charge on any atom is -0.444 e. The number of ether oxygens (including phenoxy) is 2. The Morgan fingerprint density at radius 1 is 1.35 bits per heavy atom. The van der Waals surface area contributed by atoms with Crippen molar-refractivity contribution in [2.45, 2.75) is 52.7 Å². The van der Waals surface area contributed by atoms with Crippen molar-refractivity contribution in [2.24, 2.45) is 5.92 Å². The highest BCUT2D eigenvalue weighted by molar-refractivity contribution is 5.67. The number of hydrogen-bond acceptors (Lipinski definition) is 3. The summed E-state index contributed by atoms with van der Waals surface area (Å²) in [5.41, 5.74) is 0.825. The largest absolute Gasteiger partial charge is 0.444 e. The number of carbonyl (C=O) groups is 1. The fraction of sp³-hybridized carbons (Fsp3) is 0.611. The number of amides is 1. The van der Waals surface area contributed by atoms with E-state index < -0.39 is 11.7 Å². The maximum atomic E-state index is 14.2. The van der Waals surface area contributed by atoms with Crippen molar-refractivity contribution in [3.05, 3.63) is 35.1 Å². The van der Waals surface area contributed by atoms with Gasteiger partial charge >= 0.3 is 6.09 Å². The van der Waals surface area contributed by atoms with Gasteiger partial charge in [-0.1, -0.05) is 25.5 Å². The van der Waals surface area contributed by atoms with Crippen LogP contribution in [-0.2, 0) is 22.4 Å². The smallest absolute Gasteiger partial charge is 0.407 e. The number of nitrogens with one attached hydrogen (secondary N) is 1. The average molecular weight is 325 g/mol. The lowest BCUT2D eigenvalue weighted by atomic mass is 9.94. The minimum atomic E-state index is -0.575. The molecule has 1 unspecified atom stereocenters. The van der Waals surface area contributed by atoms with E-state index in [2.05, 4.69) is 12.2 Å². The molecule has 1 aromatic carbocycles. The summed E-state index contributed by atoms with van der Waals surface area (Å²) in [7, 11) is 1.67. The van der Waals surface area contributed by atoms with Crippen LogP contribution in [0.2, 0.25) is 0 Å². The normalized spacial score (nSPS) is 12.8. The number of hydrogen-bond donors (Lipinski definition) is 1. The summed E-state index contributed by atoms with van der Waals surface area (Å²) in [6.07, 6.45) is 1.12. The van der Waals surface area contributed by atoms with Crippen molar-refractivity contribution in [3.8, 4) is 0 Å². The quantitative estimate of drug-likeness (QED) is 0.822. The number of benzene rings is 1. The monoisotopic (exact) mass is 325 g/mol. The lowest BCUT2D eigenvalue weighted by Crippen LogP contribution is -2.32. The Morgan fingerprint density at radius 3 is 2.61 bits per heavy atom. The molecule has 0 saturated heterocycles. The van der Waals surface area contributed by atoms with E-state index in [0.717, 1.165) is 12.0 Å². The molecule has 4 nitrogen and oxygen atoms in total. The molecular weight excluding hydrogens is 297 g/mol. The molecule has 0 aromatic heterocycles. The molecule has 5 heteroatoms. The summed E-state index contributed by atoms with van der Waals surface area (Å²) in [4.78, 5) is 11.8. The molecule has 1 aromatic rings. The van der Waals surface area contributed by atoms with Crippen LogP contribution in [0.15, 0.2) is 18.2 Å². The standard InChI is InChI=1S/C18H28FNO3/c1-6-13(12-22-5)10-14-8-7-9-16(19)15(14)11-20-17(21)23-18(2,3)4/h7-9,13H,6,10-12H2,1-5H3,(H,20,21). The second-order valence-electron chi connectivity index (χ2n) is 6.67. The molecule has 23 heavy (non-hydrogen) atoms. The van der Waals surface area contributed by atoms with E-state index in [1.165, 1.54) is 6.07 Å². The first-order valence-electron chi connectivity index (χ1n) is 7.98. The molecule has 1 rings (SSSR count). The molecule has 0 fully saturated rings. The van der Waals surface area contributed by atoms with Gasteiger partial charge in [0, 0.05) is 25.8 Å². The van der Waals surface area contributed by atoms with Crippen molar-refractivity contribution in [3.63, 3.8) is 0 Å². The van der Waals surface area contributed by atoms with E-state index in [9.17, 15) is 9.18 Å². The Balaban J connectivity index is 2.79. The first kappa shape index (κ1) is 19.4. The topological polar surface area (TPSA) is 47.6 Å². The molecular formula is C18H28FNO3. The van der Waals surface area contributed by atoms with Crippen molar-refractivity contribution in [1.29, 1.82) is 0 Å². The zero-order valence-corrected chi connectivity index (χ0v) is 14.7. The second kappa shape index (κ2) is 8.87. The van der Waals surface area contributed by atoms with Crippen molar-refractivity contribution in [2.75, 3.05) is 13.7 Å². The number of rotatable bonds is 7. The maximum absolute atomic E-state index is 14.2. The summed E-state index contributed by atoms with van der Waals surface area (Å²) < 4.78 is 24.5. The SMILES string of the molecule is CCC(COC)Cc1cccc(F)c1CNC(=O)OC(C)(C)C. The van der Waals surface area contributed by atoms with Crippen LogP contribution in [0.25, 0.3) is 0 Å². The Kier molecular flexibility index (Phi) is 7.49. The van der Waals surface area contributed by atoms with Gasteiger partial charge in [-0.2, -0.15) is 0 Å². The van der Waals surface area contributed by atoms with Crippen LogP contribution < -0.4 is 5.32 Å². The Morgan fingerprint density at radius 2 is 2.04 bits per heavy atom. The predicted molar refractivity (Wildman–Crippen MR) is 88.8 cm³/mol. The fourth-order valence-electron chi connectivity index (χ4n) is 2.34. The molecule has 0 aliphatic rings. The van der Waals surface area contributed by atoms with Crippen LogP contribution in [0, 0.1) is 11.7 Å². The lowest BCUT2D eigenvalue weighted by Gasteiger charge is -2.21. The molecule has 130 valence electrons. The molecule has 0 aliphatic heterocycles. The third-order valence-corrected chi connectivity index (χ3v) is 3.51. The fourth-order valence-corrected chi connectivity index (χ4v) is 2.34. The number of methoxy groups -OCH3 is 1. The highest BCUT2D eigenvalue weighted by Crippen LogP contribution is 2.20. The molecule has 0 radical (unpaired) electrons. The van der Waals surface area contributed by atoms with Gasteiger partial charge in [0.25, 0.3) is 0 Å². The van der Waals surface area contributed by atoms with Gasteiger partial charge in [0.05, 0.1) is 0 Å². The number of alkyl carbamates (subject to hydrolysis) is 1. The molecule has 0 aliphatic carbocycles. The van der Waals surface area contributed by atoms with Gasteiger partial charge in [0.2, 0.25) is 0 Å². The second-order valence-corrected chi connectivity index (χ2v) is 6.67. The van der Waals surface area contributed by atoms with E-state index in [1.807, 2.05) is 6.07 Å². The summed E-state index contributed by atoms with van der Waals surface area (Å²) in [6.45, 7) is 8.20. The molecule has 1 N–H and O–H groups in total. The Labute approximate surface area is 138 Å². The van der Waals surface area contributed by atoms with Crippen molar-refractivity contribution >= 4 is 6.09 Å². The van der Waals surface area contributed by atoms with E-state index in [4.69, 9.17) is 9.47 Å². The van der Waals surface area contributed by atoms with Crippen LogP contribution in [0.4, 0.5) is 9.18 Å². The maximum Gasteiger partial charge on any atom is 0.407 e. The van der Waals surface area contributed by atoms with Gasteiger partial charge in [0.1, 0.15) is 11.4 Å². The Hall–Kier alpha value is -1.62. The van der Waals surface area contributed by atoms with Crippen molar-refractivity contribution in [1.82, 2.24) is 5.32 Å². The van der Waals surface area contributed by atoms with Gasteiger partial charge in [-0.05, 0) is 44.7 Å². The third kappa shape index (κ3) is 6.99. The number of carbonyl (C=O) groups excluding carboxylic acids is 1. The first-order chi connectivity index (χ1) is 10.8. The summed E-state index contributed by atoms with van der Waals surface area (Å²) in [5, 5.41) is 2.63. The predicted octanol–water partition coefficient (Wildman–Crippen LogP) is 4.07. The van der Waals surface area contributed by atoms with E-state index >= 15 is 0 Å². The lowest BCUT2D eigenvalue weighted by molar-refractivity contribution is 0.0523. The van der Waals surface area contributed by atoms with Gasteiger partial charge < -0.3 is 14.8 Å². The Bertz CT molecular complexity index is 511. The summed E-state index contributed by atoms with van der Waals surface area (Å²) in [5.74, 6) is 0.00732. The highest BCUT2D eigenvalue weighted by Gasteiger charge is 2.18. The average Bonchev–Trinajstić information content (AvgIpc) is 2.44. The van der Waals surface area contributed by atoms with Gasteiger partial charge in [-0.3, -0.25) is 0 Å². The summed E-state index contributed by atoms with van der Waals surface area (Å²) in [6, 6.07) is 5.00. The van der Waals surface area contributed by atoms with Crippen LogP contribution in [0.1, 0.15) is 45.2 Å². The van der Waals surface area contributed by atoms with Gasteiger partial charge in [-0.15, -0.1) is 0 Å². The van der Waals surface area contributed by atoms with E-state index in [1.54, 1.807) is 33.9 Å². The minimum absolute atomic E-state index is 0.111. The van der Waals surface area contributed by atoms with Crippen LogP contribution >= 0.6 is 0 Å². The van der Waals surface area contributed by atoms with Crippen molar-refractivity contribution < 1.29 is 18.7 Å². The number of halogens is 1. The van der Waals surface area contributed by atoms with E-state index in [-0.39, 0.29) is 12.4 Å². The van der Waals surface area contributed by atoms with Crippen LogP contribution in [0.3, 0.4) is 0 Å². The van der Waals surface area contributed by atoms with Crippen LogP contribution in [-0.4, -0.2) is 25.4 Å². The molecule has 0 bridgehead atoms. The zero-order chi connectivity index (χ0) is 17.5. The molecule has 1 atom stereocenters. The van der Waals surface area contributed by atoms with Gasteiger partial charge in [0.15, 0.2) is 0 Å². The highest BCUT2D eigenvalue weighted by atomic mass is 19.1. The van der Waals surface area contributed by atoms with Crippen LogP contribution in [0.5, 0.6) is 0 Å². The zero-order valence-electron chi connectivity index (χ0n) is 14.7. The molecule has 1 amide bonds. The molecule has 0 spiro atoms. The molecule has 0 heterocycles. The van der Waals surface area contributed by atoms with E-state index in [0.29, 0.717) is 24.5 Å². The third-order valence-electron chi connectivity index (χ3n) is 3.51. The molecule has 0 saturated carbocycles.